The van der Waals surface area contributed by atoms with Crippen LogP contribution < -0.4 is 0 Å². The van der Waals surface area contributed by atoms with Crippen LogP contribution in [-0.4, -0.2) is 22.6 Å². The minimum absolute atomic E-state index is 0.0228. The van der Waals surface area contributed by atoms with Crippen molar-refractivity contribution < 1.29 is 19.4 Å². The highest BCUT2D eigenvalue weighted by molar-refractivity contribution is 5.79. The maximum Gasteiger partial charge on any atom is 0.307 e. The molecule has 0 spiro atoms. The maximum atomic E-state index is 12.1. The van der Waals surface area contributed by atoms with E-state index in [-0.39, 0.29) is 23.9 Å². The second-order valence-corrected chi connectivity index (χ2v) is 7.10. The standard InChI is InChI=1S/C18H28O4/c1-3-4-5-10-14-12-18(14,2)22-16(19)11-15(17(20)21)13-8-6-7-9-13/h3,13-15H,1,4-12H2,2H3,(H,20,21)/t14-,15-,18-/m0/s1. The van der Waals surface area contributed by atoms with E-state index in [0.717, 1.165) is 51.4 Å². The molecule has 2 fully saturated rings. The van der Waals surface area contributed by atoms with Crippen LogP contribution in [0.5, 0.6) is 0 Å². The fourth-order valence-corrected chi connectivity index (χ4v) is 3.77. The molecule has 0 aromatic rings. The number of carboxylic acid groups (broad SMARTS) is 1. The lowest BCUT2D eigenvalue weighted by atomic mass is 9.88. The van der Waals surface area contributed by atoms with Crippen LogP contribution >= 0.6 is 0 Å². The summed E-state index contributed by atoms with van der Waals surface area (Å²) in [5, 5.41) is 9.37. The number of aliphatic carboxylic acids is 1. The molecule has 0 heterocycles. The Balaban J connectivity index is 1.79. The van der Waals surface area contributed by atoms with Crippen LogP contribution in [0.15, 0.2) is 12.7 Å². The van der Waals surface area contributed by atoms with Crippen molar-refractivity contribution in [2.75, 3.05) is 0 Å². The smallest absolute Gasteiger partial charge is 0.307 e. The fraction of sp³-hybridized carbons (Fsp3) is 0.778. The van der Waals surface area contributed by atoms with Gasteiger partial charge in [-0.15, -0.1) is 6.58 Å². The predicted octanol–water partition coefficient (Wildman–Crippen LogP) is 3.95. The molecule has 0 saturated heterocycles. The molecule has 2 saturated carbocycles. The first-order valence-corrected chi connectivity index (χ1v) is 8.52. The van der Waals surface area contributed by atoms with Crippen LogP contribution in [0.3, 0.4) is 0 Å². The molecule has 0 aliphatic heterocycles. The van der Waals surface area contributed by atoms with Gasteiger partial charge in [-0.25, -0.2) is 0 Å². The Kier molecular flexibility index (Phi) is 5.65. The van der Waals surface area contributed by atoms with Gasteiger partial charge in [0.1, 0.15) is 5.60 Å². The second kappa shape index (κ2) is 7.30. The van der Waals surface area contributed by atoms with Crippen LogP contribution in [0.25, 0.3) is 0 Å². The lowest BCUT2D eigenvalue weighted by molar-refractivity contribution is -0.158. The number of ether oxygens (including phenoxy) is 1. The SMILES string of the molecule is C=CCCC[C@H]1C[C@]1(C)OC(=O)C[C@H](C(=O)O)C1CCCC1. The van der Waals surface area contributed by atoms with Crippen LogP contribution in [0.1, 0.15) is 64.7 Å². The van der Waals surface area contributed by atoms with Gasteiger partial charge in [0, 0.05) is 5.92 Å². The Morgan fingerprint density at radius 1 is 1.41 bits per heavy atom. The summed E-state index contributed by atoms with van der Waals surface area (Å²) in [4.78, 5) is 23.6. The highest BCUT2D eigenvalue weighted by Gasteiger charge is 2.53. The van der Waals surface area contributed by atoms with Crippen molar-refractivity contribution in [1.82, 2.24) is 0 Å². The van der Waals surface area contributed by atoms with Crippen molar-refractivity contribution >= 4 is 11.9 Å². The second-order valence-electron chi connectivity index (χ2n) is 7.10. The summed E-state index contributed by atoms with van der Waals surface area (Å²) in [5.74, 6) is -1.21. The zero-order valence-corrected chi connectivity index (χ0v) is 13.6. The third kappa shape index (κ3) is 4.34. The summed E-state index contributed by atoms with van der Waals surface area (Å²) < 4.78 is 5.60. The highest BCUT2D eigenvalue weighted by Crippen LogP contribution is 2.50. The average molecular weight is 308 g/mol. The summed E-state index contributed by atoms with van der Waals surface area (Å²) in [6.07, 6.45) is 9.93. The Bertz CT molecular complexity index is 425. The molecule has 3 atom stereocenters. The Morgan fingerprint density at radius 2 is 2.09 bits per heavy atom. The molecule has 0 bridgehead atoms. The number of hydrogen-bond acceptors (Lipinski definition) is 3. The van der Waals surface area contributed by atoms with Crippen molar-refractivity contribution in [3.63, 3.8) is 0 Å². The van der Waals surface area contributed by atoms with Gasteiger partial charge in [0.05, 0.1) is 12.3 Å². The number of allylic oxidation sites excluding steroid dienone is 1. The van der Waals surface area contributed by atoms with Gasteiger partial charge < -0.3 is 9.84 Å². The third-order valence-corrected chi connectivity index (χ3v) is 5.34. The lowest BCUT2D eigenvalue weighted by Crippen LogP contribution is -2.28. The van der Waals surface area contributed by atoms with Crippen molar-refractivity contribution in [2.45, 2.75) is 70.3 Å². The van der Waals surface area contributed by atoms with E-state index < -0.39 is 11.9 Å². The van der Waals surface area contributed by atoms with Gasteiger partial charge in [0.15, 0.2) is 0 Å². The molecule has 22 heavy (non-hydrogen) atoms. The molecule has 2 rings (SSSR count). The first-order valence-electron chi connectivity index (χ1n) is 8.52. The Hall–Kier alpha value is -1.32. The fourth-order valence-electron chi connectivity index (χ4n) is 3.77. The number of hydrogen-bond donors (Lipinski definition) is 1. The van der Waals surface area contributed by atoms with E-state index in [2.05, 4.69) is 6.58 Å². The van der Waals surface area contributed by atoms with Gasteiger partial charge in [0.2, 0.25) is 0 Å². The van der Waals surface area contributed by atoms with Crippen LogP contribution in [0, 0.1) is 17.8 Å². The number of rotatable bonds is 9. The van der Waals surface area contributed by atoms with Crippen molar-refractivity contribution in [3.05, 3.63) is 12.7 Å². The quantitative estimate of drug-likeness (QED) is 0.398. The minimum atomic E-state index is -0.854. The van der Waals surface area contributed by atoms with Gasteiger partial charge >= 0.3 is 11.9 Å². The average Bonchev–Trinajstić information content (AvgIpc) is 2.89. The highest BCUT2D eigenvalue weighted by atomic mass is 16.6. The molecule has 2 aliphatic carbocycles. The molecule has 4 heteroatoms. The summed E-state index contributed by atoms with van der Waals surface area (Å²) in [6.45, 7) is 5.68. The molecule has 0 aromatic carbocycles. The maximum absolute atomic E-state index is 12.1. The molecule has 124 valence electrons. The first kappa shape index (κ1) is 17.0. The molecule has 4 nitrogen and oxygen atoms in total. The number of unbranched alkanes of at least 4 members (excludes halogenated alkanes) is 1. The summed E-state index contributed by atoms with van der Waals surface area (Å²) in [6, 6.07) is 0. The molecule has 0 radical (unpaired) electrons. The van der Waals surface area contributed by atoms with Gasteiger partial charge in [-0.2, -0.15) is 0 Å². The zero-order chi connectivity index (χ0) is 16.2. The third-order valence-electron chi connectivity index (χ3n) is 5.34. The van der Waals surface area contributed by atoms with E-state index in [0.29, 0.717) is 5.92 Å². The minimum Gasteiger partial charge on any atom is -0.481 e. The molecule has 1 N–H and O–H groups in total. The van der Waals surface area contributed by atoms with E-state index in [4.69, 9.17) is 4.74 Å². The predicted molar refractivity (Wildman–Crippen MR) is 84.4 cm³/mol. The van der Waals surface area contributed by atoms with Crippen molar-refractivity contribution in [2.24, 2.45) is 17.8 Å². The van der Waals surface area contributed by atoms with Gasteiger partial charge in [-0.1, -0.05) is 18.9 Å². The number of carbonyl (C=O) groups excluding carboxylic acids is 1. The molecular formula is C18H28O4. The van der Waals surface area contributed by atoms with Crippen LogP contribution in [0.2, 0.25) is 0 Å². The Morgan fingerprint density at radius 3 is 2.68 bits per heavy atom. The first-order chi connectivity index (χ1) is 10.5. The van der Waals surface area contributed by atoms with Crippen LogP contribution in [0.4, 0.5) is 0 Å². The topological polar surface area (TPSA) is 63.6 Å². The normalized spacial score (nSPS) is 29.0. The van der Waals surface area contributed by atoms with Crippen LogP contribution in [-0.2, 0) is 14.3 Å². The van der Waals surface area contributed by atoms with E-state index >= 15 is 0 Å². The van der Waals surface area contributed by atoms with Crippen molar-refractivity contribution in [1.29, 1.82) is 0 Å². The Labute approximate surface area is 132 Å². The molecule has 0 unspecified atom stereocenters. The molecular weight excluding hydrogens is 280 g/mol. The van der Waals surface area contributed by atoms with Gasteiger partial charge in [-0.3, -0.25) is 9.59 Å². The van der Waals surface area contributed by atoms with Gasteiger partial charge in [0.25, 0.3) is 0 Å². The largest absolute Gasteiger partial charge is 0.481 e. The summed E-state index contributed by atoms with van der Waals surface area (Å²) in [7, 11) is 0. The molecule has 2 aliphatic rings. The number of esters is 1. The molecule has 0 aromatic heterocycles. The van der Waals surface area contributed by atoms with E-state index in [1.165, 1.54) is 0 Å². The number of carbonyl (C=O) groups is 2. The number of carboxylic acids is 1. The molecule has 0 amide bonds. The summed E-state index contributed by atoms with van der Waals surface area (Å²) in [5.41, 5.74) is -0.364. The monoisotopic (exact) mass is 308 g/mol. The van der Waals surface area contributed by atoms with E-state index in [9.17, 15) is 14.7 Å². The van der Waals surface area contributed by atoms with Gasteiger partial charge in [-0.05, 0) is 51.4 Å². The van der Waals surface area contributed by atoms with Crippen molar-refractivity contribution in [3.8, 4) is 0 Å². The zero-order valence-electron chi connectivity index (χ0n) is 13.6. The van der Waals surface area contributed by atoms with E-state index in [1.54, 1.807) is 0 Å². The summed E-state index contributed by atoms with van der Waals surface area (Å²) >= 11 is 0. The lowest BCUT2D eigenvalue weighted by Gasteiger charge is -2.20. The van der Waals surface area contributed by atoms with E-state index in [1.807, 2.05) is 13.0 Å².